The summed E-state index contributed by atoms with van der Waals surface area (Å²) in [5.41, 5.74) is 4.47. The van der Waals surface area contributed by atoms with Crippen molar-refractivity contribution in [2.75, 3.05) is 12.4 Å². The predicted octanol–water partition coefficient (Wildman–Crippen LogP) is 4.99. The number of aryl methyl sites for hydroxylation is 2. The van der Waals surface area contributed by atoms with Crippen LogP contribution in [0.4, 0.5) is 5.69 Å². The third kappa shape index (κ3) is 5.33. The number of esters is 1. The van der Waals surface area contributed by atoms with Gasteiger partial charge in [-0.05, 0) is 48.7 Å². The first-order valence-electron chi connectivity index (χ1n) is 9.70. The number of carbonyl (C=O) groups excluding carboxylic acids is 2. The maximum Gasteiger partial charge on any atom is 0.339 e. The number of benzene rings is 3. The van der Waals surface area contributed by atoms with Crippen LogP contribution in [0.2, 0.25) is 0 Å². The van der Waals surface area contributed by atoms with E-state index in [0.29, 0.717) is 23.4 Å². The largest absolute Gasteiger partial charge is 0.444 e. The van der Waals surface area contributed by atoms with Crippen molar-refractivity contribution in [2.24, 2.45) is 0 Å². The molecule has 3 aromatic rings. The Bertz CT molecular complexity index is 1030. The van der Waals surface area contributed by atoms with Gasteiger partial charge in [-0.3, -0.25) is 4.79 Å². The zero-order valence-electron chi connectivity index (χ0n) is 17.3. The highest BCUT2D eigenvalue weighted by Gasteiger charge is 2.26. The number of methoxy groups -OCH3 is 1. The van der Waals surface area contributed by atoms with Crippen LogP contribution in [0.25, 0.3) is 0 Å². The molecule has 0 unspecified atom stereocenters. The number of ether oxygens (including phenoxy) is 2. The molecule has 0 aliphatic rings. The van der Waals surface area contributed by atoms with Crippen molar-refractivity contribution in [3.63, 3.8) is 0 Å². The van der Waals surface area contributed by atoms with Crippen molar-refractivity contribution < 1.29 is 19.1 Å². The predicted molar refractivity (Wildman–Crippen MR) is 116 cm³/mol. The molecule has 0 aromatic heterocycles. The van der Waals surface area contributed by atoms with E-state index in [1.54, 1.807) is 49.6 Å². The van der Waals surface area contributed by atoms with Crippen LogP contribution in [0, 0.1) is 13.8 Å². The van der Waals surface area contributed by atoms with E-state index in [1.807, 2.05) is 44.2 Å². The second-order valence-electron chi connectivity index (χ2n) is 7.14. The van der Waals surface area contributed by atoms with E-state index in [-0.39, 0.29) is 0 Å². The third-order valence-electron chi connectivity index (χ3n) is 4.69. The van der Waals surface area contributed by atoms with Gasteiger partial charge >= 0.3 is 5.97 Å². The standard InChI is InChI=1S/C25H25NO4/c1-17-12-13-18(2)22(14-17)26-24(27)23(20-9-5-4-6-10-20)30-25(28)21-11-7-8-19(15-21)16-29-3/h4-15,23H,16H2,1-3H3,(H,26,27)/t23-/m0/s1. The number of anilines is 1. The second-order valence-corrected chi connectivity index (χ2v) is 7.14. The summed E-state index contributed by atoms with van der Waals surface area (Å²) in [4.78, 5) is 25.9. The molecule has 0 aliphatic heterocycles. The van der Waals surface area contributed by atoms with Gasteiger partial charge < -0.3 is 14.8 Å². The van der Waals surface area contributed by atoms with Gasteiger partial charge in [0.15, 0.2) is 0 Å². The fourth-order valence-electron chi connectivity index (χ4n) is 3.10. The lowest BCUT2D eigenvalue weighted by molar-refractivity contribution is -0.125. The van der Waals surface area contributed by atoms with Crippen molar-refractivity contribution in [3.8, 4) is 0 Å². The van der Waals surface area contributed by atoms with Crippen LogP contribution in [0.5, 0.6) is 0 Å². The van der Waals surface area contributed by atoms with Gasteiger partial charge in [0, 0.05) is 18.4 Å². The number of amides is 1. The lowest BCUT2D eigenvalue weighted by Crippen LogP contribution is -2.26. The summed E-state index contributed by atoms with van der Waals surface area (Å²) in [6.07, 6.45) is -1.08. The highest BCUT2D eigenvalue weighted by molar-refractivity contribution is 5.98. The normalized spacial score (nSPS) is 11.6. The number of hydrogen-bond acceptors (Lipinski definition) is 4. The molecule has 0 saturated carbocycles. The quantitative estimate of drug-likeness (QED) is 0.565. The molecule has 0 heterocycles. The zero-order chi connectivity index (χ0) is 21.5. The van der Waals surface area contributed by atoms with Gasteiger partial charge in [-0.25, -0.2) is 4.79 Å². The van der Waals surface area contributed by atoms with Gasteiger partial charge in [-0.1, -0.05) is 54.6 Å². The van der Waals surface area contributed by atoms with Crippen molar-refractivity contribution in [3.05, 3.63) is 101 Å². The van der Waals surface area contributed by atoms with E-state index in [2.05, 4.69) is 5.32 Å². The summed E-state index contributed by atoms with van der Waals surface area (Å²) in [7, 11) is 1.59. The van der Waals surface area contributed by atoms with Gasteiger partial charge in [0.1, 0.15) is 0 Å². The van der Waals surface area contributed by atoms with E-state index < -0.39 is 18.0 Å². The molecular weight excluding hydrogens is 378 g/mol. The van der Waals surface area contributed by atoms with Crippen LogP contribution in [-0.4, -0.2) is 19.0 Å². The average Bonchev–Trinajstić information content (AvgIpc) is 2.75. The van der Waals surface area contributed by atoms with Crippen LogP contribution < -0.4 is 5.32 Å². The molecule has 1 amide bonds. The molecule has 5 nitrogen and oxygen atoms in total. The fourth-order valence-corrected chi connectivity index (χ4v) is 3.10. The van der Waals surface area contributed by atoms with E-state index in [9.17, 15) is 9.59 Å². The van der Waals surface area contributed by atoms with E-state index in [0.717, 1.165) is 16.7 Å². The molecule has 1 atom stereocenters. The molecule has 1 N–H and O–H groups in total. The van der Waals surface area contributed by atoms with Gasteiger partial charge in [0.25, 0.3) is 5.91 Å². The summed E-state index contributed by atoms with van der Waals surface area (Å²) in [5, 5.41) is 2.90. The molecular formula is C25H25NO4. The minimum atomic E-state index is -1.08. The lowest BCUT2D eigenvalue weighted by atomic mass is 10.1. The Kier molecular flexibility index (Phi) is 6.99. The highest BCUT2D eigenvalue weighted by atomic mass is 16.5. The number of rotatable bonds is 7. The van der Waals surface area contributed by atoms with Crippen molar-refractivity contribution in [2.45, 2.75) is 26.6 Å². The van der Waals surface area contributed by atoms with Crippen LogP contribution >= 0.6 is 0 Å². The maximum atomic E-state index is 13.1. The topological polar surface area (TPSA) is 64.6 Å². The molecule has 0 bridgehead atoms. The Morgan fingerprint density at radius 1 is 0.933 bits per heavy atom. The fraction of sp³-hybridized carbons (Fsp3) is 0.200. The van der Waals surface area contributed by atoms with E-state index >= 15 is 0 Å². The van der Waals surface area contributed by atoms with E-state index in [4.69, 9.17) is 9.47 Å². The lowest BCUT2D eigenvalue weighted by Gasteiger charge is -2.19. The first-order valence-corrected chi connectivity index (χ1v) is 9.70. The summed E-state index contributed by atoms with van der Waals surface area (Å²) in [6, 6.07) is 21.8. The molecule has 3 aromatic carbocycles. The Morgan fingerprint density at radius 3 is 2.43 bits per heavy atom. The van der Waals surface area contributed by atoms with Crippen molar-refractivity contribution in [1.82, 2.24) is 0 Å². The molecule has 154 valence electrons. The van der Waals surface area contributed by atoms with Gasteiger partial charge in [0.05, 0.1) is 12.2 Å². The number of hydrogen-bond donors (Lipinski definition) is 1. The Balaban J connectivity index is 1.86. The Morgan fingerprint density at radius 2 is 1.70 bits per heavy atom. The highest BCUT2D eigenvalue weighted by Crippen LogP contribution is 2.24. The summed E-state index contributed by atoms with van der Waals surface area (Å²) in [5.74, 6) is -0.978. The smallest absolute Gasteiger partial charge is 0.339 e. The van der Waals surface area contributed by atoms with Gasteiger partial charge in [-0.2, -0.15) is 0 Å². The molecule has 0 fully saturated rings. The number of nitrogens with one attached hydrogen (secondary N) is 1. The van der Waals surface area contributed by atoms with Crippen LogP contribution in [0.1, 0.15) is 38.7 Å². The average molecular weight is 403 g/mol. The SMILES string of the molecule is COCc1cccc(C(=O)O[C@H](C(=O)Nc2cc(C)ccc2C)c2ccccc2)c1. The van der Waals surface area contributed by atoms with Crippen LogP contribution in [-0.2, 0) is 20.9 Å². The third-order valence-corrected chi connectivity index (χ3v) is 4.69. The number of carbonyl (C=O) groups is 2. The molecule has 3 rings (SSSR count). The Labute approximate surface area is 176 Å². The minimum absolute atomic E-state index is 0.366. The van der Waals surface area contributed by atoms with E-state index in [1.165, 1.54) is 0 Å². The summed E-state index contributed by atoms with van der Waals surface area (Å²) in [6.45, 7) is 4.26. The summed E-state index contributed by atoms with van der Waals surface area (Å²) >= 11 is 0. The molecule has 5 heteroatoms. The maximum absolute atomic E-state index is 13.1. The molecule has 0 aliphatic carbocycles. The molecule has 0 radical (unpaired) electrons. The zero-order valence-corrected chi connectivity index (χ0v) is 17.3. The first kappa shape index (κ1) is 21.3. The summed E-state index contributed by atoms with van der Waals surface area (Å²) < 4.78 is 10.8. The first-order chi connectivity index (χ1) is 14.5. The van der Waals surface area contributed by atoms with Gasteiger partial charge in [0.2, 0.25) is 6.10 Å². The molecule has 30 heavy (non-hydrogen) atoms. The van der Waals surface area contributed by atoms with Crippen molar-refractivity contribution in [1.29, 1.82) is 0 Å². The molecule has 0 spiro atoms. The molecule has 0 saturated heterocycles. The van der Waals surface area contributed by atoms with Crippen LogP contribution in [0.3, 0.4) is 0 Å². The van der Waals surface area contributed by atoms with Gasteiger partial charge in [-0.15, -0.1) is 0 Å². The minimum Gasteiger partial charge on any atom is -0.444 e. The second kappa shape index (κ2) is 9.85. The van der Waals surface area contributed by atoms with Crippen molar-refractivity contribution >= 4 is 17.6 Å². The monoisotopic (exact) mass is 403 g/mol. The Hall–Kier alpha value is -3.44. The van der Waals surface area contributed by atoms with Crippen LogP contribution in [0.15, 0.2) is 72.8 Å².